The fourth-order valence-electron chi connectivity index (χ4n) is 1.56. The molecule has 0 radical (unpaired) electrons. The molecule has 2 rings (SSSR count). The molecule has 0 aliphatic carbocycles. The average Bonchev–Trinajstić information content (AvgIpc) is 2.29. The summed E-state index contributed by atoms with van der Waals surface area (Å²) in [5.74, 6) is -0.537. The van der Waals surface area contributed by atoms with Crippen molar-refractivity contribution >= 4 is 29.0 Å². The van der Waals surface area contributed by atoms with Gasteiger partial charge in [-0.25, -0.2) is 0 Å². The van der Waals surface area contributed by atoms with Crippen molar-refractivity contribution in [2.24, 2.45) is 5.73 Å². The van der Waals surface area contributed by atoms with Crippen LogP contribution >= 0.6 is 12.4 Å². The number of halogens is 1. The van der Waals surface area contributed by atoms with Gasteiger partial charge in [0.2, 0.25) is 0 Å². The van der Waals surface area contributed by atoms with Gasteiger partial charge in [0.05, 0.1) is 6.54 Å². The summed E-state index contributed by atoms with van der Waals surface area (Å²) in [5.41, 5.74) is 5.76. The summed E-state index contributed by atoms with van der Waals surface area (Å²) in [6, 6.07) is 7.86. The molecule has 90 valence electrons. The molecule has 0 atom stereocenters. The highest BCUT2D eigenvalue weighted by Crippen LogP contribution is 2.30. The van der Waals surface area contributed by atoms with Crippen LogP contribution in [0.3, 0.4) is 0 Å². The largest absolute Gasteiger partial charge is 0.504 e. The maximum atomic E-state index is 11.4. The zero-order valence-corrected chi connectivity index (χ0v) is 9.70. The third kappa shape index (κ3) is 2.49. The third-order valence-corrected chi connectivity index (χ3v) is 2.44. The highest BCUT2D eigenvalue weighted by molar-refractivity contribution is 6.01. The number of nitrogens with two attached hydrogens (primary N) is 1. The van der Waals surface area contributed by atoms with Crippen LogP contribution < -0.4 is 5.73 Å². The van der Waals surface area contributed by atoms with Crippen molar-refractivity contribution in [2.45, 2.75) is 0 Å². The van der Waals surface area contributed by atoms with Crippen molar-refractivity contribution in [3.05, 3.63) is 35.9 Å². The maximum absolute atomic E-state index is 11.4. The van der Waals surface area contributed by atoms with Crippen LogP contribution in [0, 0.1) is 0 Å². The van der Waals surface area contributed by atoms with Crippen LogP contribution in [0.25, 0.3) is 10.8 Å². The molecule has 0 spiro atoms. The summed E-state index contributed by atoms with van der Waals surface area (Å²) in [6.45, 7) is -0.0461. The van der Waals surface area contributed by atoms with Crippen molar-refractivity contribution in [3.63, 3.8) is 0 Å². The first-order valence-corrected chi connectivity index (χ1v) is 4.81. The number of phenols is 2. The van der Waals surface area contributed by atoms with Gasteiger partial charge in [0.1, 0.15) is 0 Å². The number of aromatic hydroxyl groups is 2. The lowest BCUT2D eigenvalue weighted by Crippen LogP contribution is -2.13. The summed E-state index contributed by atoms with van der Waals surface area (Å²) >= 11 is 0. The van der Waals surface area contributed by atoms with E-state index in [-0.39, 0.29) is 36.2 Å². The normalized spacial score (nSPS) is 9.94. The number of phenolic OH excluding ortho intramolecular Hbond substituents is 2. The molecule has 0 aromatic heterocycles. The molecule has 0 amide bonds. The molecule has 0 heterocycles. The molecule has 17 heavy (non-hydrogen) atoms. The van der Waals surface area contributed by atoms with Gasteiger partial charge in [-0.2, -0.15) is 0 Å². The van der Waals surface area contributed by atoms with Crippen LogP contribution in [0.2, 0.25) is 0 Å². The molecule has 0 saturated heterocycles. The van der Waals surface area contributed by atoms with E-state index in [1.165, 1.54) is 12.1 Å². The fraction of sp³-hybridized carbons (Fsp3) is 0.0833. The van der Waals surface area contributed by atoms with Gasteiger partial charge in [-0.05, 0) is 29.0 Å². The second-order valence-corrected chi connectivity index (χ2v) is 3.53. The molecule has 0 aliphatic rings. The number of hydrogen-bond acceptors (Lipinski definition) is 4. The Morgan fingerprint density at radius 3 is 2.24 bits per heavy atom. The average molecular weight is 254 g/mol. The molecular weight excluding hydrogens is 242 g/mol. The first-order valence-electron chi connectivity index (χ1n) is 4.81. The Hall–Kier alpha value is -1.78. The van der Waals surface area contributed by atoms with Crippen LogP contribution in [0.15, 0.2) is 30.3 Å². The lowest BCUT2D eigenvalue weighted by molar-refractivity contribution is 0.100. The van der Waals surface area contributed by atoms with E-state index in [2.05, 4.69) is 0 Å². The highest BCUT2D eigenvalue weighted by Gasteiger charge is 2.06. The summed E-state index contributed by atoms with van der Waals surface area (Å²) in [6.07, 6.45) is 0. The van der Waals surface area contributed by atoms with Gasteiger partial charge in [-0.15, -0.1) is 12.4 Å². The fourth-order valence-corrected chi connectivity index (χ4v) is 1.56. The van der Waals surface area contributed by atoms with Crippen molar-refractivity contribution in [2.75, 3.05) is 6.54 Å². The Labute approximate surface area is 104 Å². The quantitative estimate of drug-likeness (QED) is 0.563. The smallest absolute Gasteiger partial charge is 0.176 e. The van der Waals surface area contributed by atoms with Gasteiger partial charge in [-0.3, -0.25) is 4.79 Å². The Kier molecular flexibility index (Phi) is 3.93. The third-order valence-electron chi connectivity index (χ3n) is 2.44. The van der Waals surface area contributed by atoms with Crippen LogP contribution in [0.5, 0.6) is 11.5 Å². The van der Waals surface area contributed by atoms with Gasteiger partial charge in [0.25, 0.3) is 0 Å². The summed E-state index contributed by atoms with van der Waals surface area (Å²) in [4.78, 5) is 11.4. The van der Waals surface area contributed by atoms with Crippen LogP contribution in [-0.4, -0.2) is 22.5 Å². The number of benzene rings is 2. The molecule has 0 unspecified atom stereocenters. The first-order chi connectivity index (χ1) is 7.61. The van der Waals surface area contributed by atoms with E-state index < -0.39 is 0 Å². The molecule has 0 fully saturated rings. The minimum atomic E-state index is -0.204. The topological polar surface area (TPSA) is 83.6 Å². The molecule has 2 aromatic carbocycles. The molecule has 4 nitrogen and oxygen atoms in total. The number of hydrogen-bond donors (Lipinski definition) is 3. The number of Topliss-reactive ketones (excluding diaryl/α,β-unsaturated/α-hetero) is 1. The minimum absolute atomic E-state index is 0. The Morgan fingerprint density at radius 1 is 1.06 bits per heavy atom. The summed E-state index contributed by atoms with van der Waals surface area (Å²) < 4.78 is 0. The number of fused-ring (bicyclic) bond motifs is 1. The standard InChI is InChI=1S/C12H11NO3.ClH/c13-6-12(16)8-2-1-7-4-10(14)11(15)5-9(7)3-8;/h1-5,14-15H,6,13H2;1H. The number of carbonyl (C=O) groups is 1. The molecule has 4 N–H and O–H groups in total. The predicted molar refractivity (Wildman–Crippen MR) is 67.9 cm³/mol. The molecule has 0 bridgehead atoms. The van der Waals surface area contributed by atoms with E-state index in [9.17, 15) is 15.0 Å². The van der Waals surface area contributed by atoms with Crippen molar-refractivity contribution in [1.29, 1.82) is 0 Å². The van der Waals surface area contributed by atoms with Gasteiger partial charge in [-0.1, -0.05) is 12.1 Å². The summed E-state index contributed by atoms with van der Waals surface area (Å²) in [5, 5.41) is 20.1. The monoisotopic (exact) mass is 253 g/mol. The second-order valence-electron chi connectivity index (χ2n) is 3.53. The highest BCUT2D eigenvalue weighted by atomic mass is 35.5. The SMILES string of the molecule is Cl.NCC(=O)c1ccc2cc(O)c(O)cc2c1. The second kappa shape index (κ2) is 5.03. The lowest BCUT2D eigenvalue weighted by atomic mass is 10.0. The molecule has 0 aliphatic heterocycles. The van der Waals surface area contributed by atoms with Crippen molar-refractivity contribution in [1.82, 2.24) is 0 Å². The van der Waals surface area contributed by atoms with Crippen LogP contribution in [-0.2, 0) is 0 Å². The van der Waals surface area contributed by atoms with E-state index in [4.69, 9.17) is 5.73 Å². The van der Waals surface area contributed by atoms with Gasteiger partial charge in [0, 0.05) is 5.56 Å². The Balaban J connectivity index is 0.00000144. The van der Waals surface area contributed by atoms with Crippen LogP contribution in [0.1, 0.15) is 10.4 Å². The van der Waals surface area contributed by atoms with E-state index >= 15 is 0 Å². The number of rotatable bonds is 2. The zero-order valence-electron chi connectivity index (χ0n) is 8.88. The van der Waals surface area contributed by atoms with Crippen molar-refractivity contribution in [3.8, 4) is 11.5 Å². The Bertz CT molecular complexity index is 569. The van der Waals surface area contributed by atoms with Crippen molar-refractivity contribution < 1.29 is 15.0 Å². The van der Waals surface area contributed by atoms with E-state index in [0.29, 0.717) is 10.9 Å². The van der Waals surface area contributed by atoms with E-state index in [1.54, 1.807) is 18.2 Å². The molecule has 5 heteroatoms. The van der Waals surface area contributed by atoms with Gasteiger partial charge in [0.15, 0.2) is 17.3 Å². The zero-order chi connectivity index (χ0) is 11.7. The molecular formula is C12H12ClNO3. The lowest BCUT2D eigenvalue weighted by Gasteiger charge is -2.04. The van der Waals surface area contributed by atoms with E-state index in [0.717, 1.165) is 5.39 Å². The van der Waals surface area contributed by atoms with Gasteiger partial charge >= 0.3 is 0 Å². The van der Waals surface area contributed by atoms with Crippen LogP contribution in [0.4, 0.5) is 0 Å². The number of ketones is 1. The summed E-state index contributed by atoms with van der Waals surface area (Å²) in [7, 11) is 0. The Morgan fingerprint density at radius 2 is 1.65 bits per heavy atom. The molecule has 2 aromatic rings. The first kappa shape index (κ1) is 13.3. The molecule has 0 saturated carbocycles. The van der Waals surface area contributed by atoms with Gasteiger partial charge < -0.3 is 15.9 Å². The van der Waals surface area contributed by atoms with E-state index in [1.807, 2.05) is 0 Å². The number of carbonyl (C=O) groups excluding carboxylic acids is 1. The minimum Gasteiger partial charge on any atom is -0.504 e. The maximum Gasteiger partial charge on any atom is 0.176 e. The predicted octanol–water partition coefficient (Wildman–Crippen LogP) is 1.81.